The summed E-state index contributed by atoms with van der Waals surface area (Å²) in [7, 11) is 1.55. The largest absolute Gasteiger partial charge is 0.495 e. The number of nitrogens with zero attached hydrogens (tertiary/aromatic N) is 5. The Morgan fingerprint density at radius 2 is 1.80 bits per heavy atom. The van der Waals surface area contributed by atoms with E-state index in [-0.39, 0.29) is 12.1 Å². The Bertz CT molecular complexity index is 1010. The van der Waals surface area contributed by atoms with Gasteiger partial charge in [0, 0.05) is 25.2 Å². The zero-order valence-corrected chi connectivity index (χ0v) is 20.2. The predicted octanol–water partition coefficient (Wildman–Crippen LogP) is 3.43. The van der Waals surface area contributed by atoms with Gasteiger partial charge in [-0.1, -0.05) is 5.10 Å². The minimum Gasteiger partial charge on any atom is -0.495 e. The Kier molecular flexibility index (Phi) is 7.59. The molecular weight excluding hydrogens is 426 g/mol. The van der Waals surface area contributed by atoms with E-state index in [9.17, 15) is 8.42 Å². The van der Waals surface area contributed by atoms with E-state index in [1.165, 1.54) is 18.4 Å². The first-order chi connectivity index (χ1) is 14.0. The van der Waals surface area contributed by atoms with Crippen LogP contribution in [-0.2, 0) is 17.1 Å². The van der Waals surface area contributed by atoms with Crippen molar-refractivity contribution < 1.29 is 17.8 Å². The molecule has 0 aliphatic rings. The molecule has 0 spiro atoms. The van der Waals surface area contributed by atoms with Crippen LogP contribution in [0.15, 0.2) is 22.4 Å². The van der Waals surface area contributed by atoms with E-state index in [4.69, 9.17) is 4.74 Å². The Labute approximate surface area is 182 Å². The van der Waals surface area contributed by atoms with Crippen LogP contribution in [0.4, 0.5) is 27.3 Å². The maximum atomic E-state index is 11.8. The van der Waals surface area contributed by atoms with Crippen molar-refractivity contribution in [1.29, 1.82) is 0 Å². The van der Waals surface area contributed by atoms with E-state index in [2.05, 4.69) is 58.0 Å². The molecule has 0 aliphatic heterocycles. The van der Waals surface area contributed by atoms with Gasteiger partial charge in [-0.05, 0) is 50.2 Å². The van der Waals surface area contributed by atoms with Gasteiger partial charge in [0.05, 0.1) is 29.9 Å². The average molecular weight is 457 g/mol. The van der Waals surface area contributed by atoms with Gasteiger partial charge in [-0.3, -0.25) is 4.72 Å². The SMILES string of the molecule is CNc1cc(NS(C)(=O)=O)c(N=Nc2sc(N(C(C)C)C(C)C)n[n+]2C)cc1OC. The van der Waals surface area contributed by atoms with E-state index in [1.807, 2.05) is 0 Å². The van der Waals surface area contributed by atoms with Gasteiger partial charge in [0.25, 0.3) is 0 Å². The third-order valence-electron chi connectivity index (χ3n) is 4.15. The molecule has 2 N–H and O–H groups in total. The molecule has 0 aliphatic carbocycles. The first kappa shape index (κ1) is 23.8. The molecule has 0 unspecified atom stereocenters. The van der Waals surface area contributed by atoms with Crippen molar-refractivity contribution in [3.63, 3.8) is 0 Å². The van der Waals surface area contributed by atoms with Crippen LogP contribution in [0.5, 0.6) is 5.75 Å². The smallest absolute Gasteiger partial charge is 0.431 e. The fraction of sp³-hybridized carbons (Fsp3) is 0.556. The number of azo groups is 1. The second-order valence-electron chi connectivity index (χ2n) is 7.28. The van der Waals surface area contributed by atoms with E-state index in [1.54, 1.807) is 30.9 Å². The molecule has 0 radical (unpaired) electrons. The number of hydrogen-bond donors (Lipinski definition) is 2. The van der Waals surface area contributed by atoms with Crippen LogP contribution in [0.25, 0.3) is 0 Å². The first-order valence-corrected chi connectivity index (χ1v) is 12.1. The third kappa shape index (κ3) is 5.79. The normalized spacial score (nSPS) is 12.1. The number of anilines is 3. The van der Waals surface area contributed by atoms with Gasteiger partial charge in [-0.15, -0.1) is 4.68 Å². The number of benzene rings is 1. The van der Waals surface area contributed by atoms with Crippen molar-refractivity contribution in [2.24, 2.45) is 17.3 Å². The fourth-order valence-electron chi connectivity index (χ4n) is 2.96. The molecule has 166 valence electrons. The van der Waals surface area contributed by atoms with Crippen molar-refractivity contribution in [3.8, 4) is 5.75 Å². The summed E-state index contributed by atoms with van der Waals surface area (Å²) in [5, 5.41) is 17.6. The summed E-state index contributed by atoms with van der Waals surface area (Å²) in [5.41, 5.74) is 1.25. The third-order valence-corrected chi connectivity index (χ3v) is 5.75. The Morgan fingerprint density at radius 3 is 2.30 bits per heavy atom. The average Bonchev–Trinajstić information content (AvgIpc) is 2.98. The highest BCUT2D eigenvalue weighted by molar-refractivity contribution is 7.92. The Hall–Kier alpha value is -2.47. The summed E-state index contributed by atoms with van der Waals surface area (Å²) >= 11 is 1.42. The second-order valence-corrected chi connectivity index (χ2v) is 9.96. The van der Waals surface area contributed by atoms with Gasteiger partial charge in [0.2, 0.25) is 15.2 Å². The van der Waals surface area contributed by atoms with Crippen molar-refractivity contribution in [2.45, 2.75) is 39.8 Å². The summed E-state index contributed by atoms with van der Waals surface area (Å²) < 4.78 is 33.1. The molecule has 1 heterocycles. The van der Waals surface area contributed by atoms with E-state index in [0.717, 1.165) is 11.4 Å². The number of methoxy groups -OCH3 is 1. The summed E-state index contributed by atoms with van der Waals surface area (Å²) in [4.78, 5) is 2.20. The van der Waals surface area contributed by atoms with Gasteiger partial charge >= 0.3 is 5.13 Å². The van der Waals surface area contributed by atoms with Crippen molar-refractivity contribution in [3.05, 3.63) is 12.1 Å². The highest BCUT2D eigenvalue weighted by atomic mass is 32.2. The molecule has 0 bridgehead atoms. The number of sulfonamides is 1. The molecule has 0 fully saturated rings. The zero-order chi connectivity index (χ0) is 22.6. The lowest BCUT2D eigenvalue weighted by atomic mass is 10.2. The van der Waals surface area contributed by atoms with Crippen LogP contribution < -0.4 is 24.4 Å². The maximum Gasteiger partial charge on any atom is 0.431 e. The molecule has 2 aromatic rings. The lowest BCUT2D eigenvalue weighted by Gasteiger charge is -2.28. The van der Waals surface area contributed by atoms with Crippen LogP contribution in [0.2, 0.25) is 0 Å². The number of ether oxygens (including phenoxy) is 1. The molecule has 1 aromatic heterocycles. The van der Waals surface area contributed by atoms with E-state index >= 15 is 0 Å². The number of hydrogen-bond acceptors (Lipinski definition) is 9. The minimum absolute atomic E-state index is 0.282. The standard InChI is InChI=1S/C18H29N7O3S2/c1-11(2)25(12(3)4)18-22-24(6)17(29-18)21-20-13-10-16(28-7)15(19-5)9-14(13)23-30(8,26)27/h9-12H,1-8H3,(H,19,23)/p+1. The topological polar surface area (TPSA) is 112 Å². The van der Waals surface area contributed by atoms with Gasteiger partial charge < -0.3 is 15.0 Å². The lowest BCUT2D eigenvalue weighted by molar-refractivity contribution is -0.712. The number of nitrogens with one attached hydrogen (secondary N) is 2. The highest BCUT2D eigenvalue weighted by Crippen LogP contribution is 2.38. The lowest BCUT2D eigenvalue weighted by Crippen LogP contribution is -2.39. The van der Waals surface area contributed by atoms with Crippen molar-refractivity contribution in [2.75, 3.05) is 35.4 Å². The summed E-state index contributed by atoms with van der Waals surface area (Å²) in [6.07, 6.45) is 1.08. The molecule has 2 rings (SSSR count). The fourth-order valence-corrected chi connectivity index (χ4v) is 4.63. The zero-order valence-electron chi connectivity index (χ0n) is 18.6. The molecule has 0 atom stereocenters. The quantitative estimate of drug-likeness (QED) is 0.442. The van der Waals surface area contributed by atoms with Crippen molar-refractivity contribution in [1.82, 2.24) is 5.10 Å². The van der Waals surface area contributed by atoms with E-state index in [0.29, 0.717) is 27.9 Å². The number of rotatable bonds is 9. The Morgan fingerprint density at radius 1 is 1.17 bits per heavy atom. The molecule has 12 heteroatoms. The highest BCUT2D eigenvalue weighted by Gasteiger charge is 2.24. The number of aromatic nitrogens is 2. The summed E-state index contributed by atoms with van der Waals surface area (Å²) in [6, 6.07) is 3.81. The molecule has 0 saturated heterocycles. The van der Waals surface area contributed by atoms with Gasteiger partial charge in [-0.2, -0.15) is 0 Å². The molecule has 1 aromatic carbocycles. The monoisotopic (exact) mass is 456 g/mol. The number of aryl methyl sites for hydroxylation is 1. The molecule has 10 nitrogen and oxygen atoms in total. The van der Waals surface area contributed by atoms with Gasteiger partial charge in [0.1, 0.15) is 18.5 Å². The predicted molar refractivity (Wildman–Crippen MR) is 121 cm³/mol. The second kappa shape index (κ2) is 9.56. The first-order valence-electron chi connectivity index (χ1n) is 9.41. The van der Waals surface area contributed by atoms with E-state index < -0.39 is 10.0 Å². The van der Waals surface area contributed by atoms with Crippen LogP contribution in [0.1, 0.15) is 27.7 Å². The molecule has 30 heavy (non-hydrogen) atoms. The Balaban J connectivity index is 2.48. The molecule has 0 saturated carbocycles. The van der Waals surface area contributed by atoms with Crippen LogP contribution >= 0.6 is 11.3 Å². The summed E-state index contributed by atoms with van der Waals surface area (Å²) in [6.45, 7) is 8.45. The maximum absolute atomic E-state index is 11.8. The van der Waals surface area contributed by atoms with Crippen LogP contribution in [0.3, 0.4) is 0 Å². The van der Waals surface area contributed by atoms with Crippen LogP contribution in [-0.4, -0.2) is 46.0 Å². The minimum atomic E-state index is -3.50. The van der Waals surface area contributed by atoms with Crippen molar-refractivity contribution >= 4 is 48.7 Å². The molecule has 0 amide bonds. The van der Waals surface area contributed by atoms with Crippen LogP contribution in [0, 0.1) is 0 Å². The molecular formula is C18H30N7O3S2+. The summed E-state index contributed by atoms with van der Waals surface area (Å²) in [5.74, 6) is 0.519. The van der Waals surface area contributed by atoms with Gasteiger partial charge in [0.15, 0.2) is 0 Å². The van der Waals surface area contributed by atoms with Gasteiger partial charge in [-0.25, -0.2) is 8.42 Å².